The van der Waals surface area contributed by atoms with Gasteiger partial charge >= 0.3 is 0 Å². The van der Waals surface area contributed by atoms with Gasteiger partial charge in [-0.2, -0.15) is 0 Å². The summed E-state index contributed by atoms with van der Waals surface area (Å²) in [5, 5.41) is 14.9. The molecule has 1 saturated carbocycles. The van der Waals surface area contributed by atoms with Crippen LogP contribution in [-0.4, -0.2) is 29.3 Å². The van der Waals surface area contributed by atoms with Crippen LogP contribution in [0.4, 0.5) is 11.5 Å². The van der Waals surface area contributed by atoms with Crippen molar-refractivity contribution in [1.82, 2.24) is 10.2 Å². The van der Waals surface area contributed by atoms with E-state index in [1.807, 2.05) is 0 Å². The van der Waals surface area contributed by atoms with E-state index >= 15 is 0 Å². The van der Waals surface area contributed by atoms with Gasteiger partial charge < -0.3 is 15.4 Å². The van der Waals surface area contributed by atoms with Crippen molar-refractivity contribution in [3.8, 4) is 5.75 Å². The quantitative estimate of drug-likeness (QED) is 0.752. The van der Waals surface area contributed by atoms with Crippen LogP contribution in [0.3, 0.4) is 0 Å². The van der Waals surface area contributed by atoms with Crippen LogP contribution >= 0.6 is 11.6 Å². The number of hydrogen-bond acceptors (Lipinski definition) is 5. The third kappa shape index (κ3) is 4.85. The Morgan fingerprint density at radius 3 is 2.54 bits per heavy atom. The molecule has 7 heteroatoms. The first-order valence-electron chi connectivity index (χ1n) is 8.91. The maximum Gasteiger partial charge on any atom is 0.276 e. The van der Waals surface area contributed by atoms with Crippen molar-refractivity contribution in [2.45, 2.75) is 44.6 Å². The van der Waals surface area contributed by atoms with Gasteiger partial charge in [-0.05, 0) is 43.2 Å². The predicted octanol–water partition coefficient (Wildman–Crippen LogP) is 4.53. The van der Waals surface area contributed by atoms with Crippen LogP contribution in [-0.2, 0) is 0 Å². The molecule has 1 aliphatic rings. The number of carbonyl (C=O) groups excluding carboxylic acids is 1. The van der Waals surface area contributed by atoms with Crippen molar-refractivity contribution in [3.63, 3.8) is 0 Å². The van der Waals surface area contributed by atoms with Crippen LogP contribution in [0.25, 0.3) is 0 Å². The molecule has 0 unspecified atom stereocenters. The van der Waals surface area contributed by atoms with E-state index in [1.165, 1.54) is 32.8 Å². The van der Waals surface area contributed by atoms with Gasteiger partial charge in [0.05, 0.1) is 12.8 Å². The lowest BCUT2D eigenvalue weighted by Gasteiger charge is -2.16. The van der Waals surface area contributed by atoms with Crippen LogP contribution in [0.1, 0.15) is 49.0 Å². The van der Waals surface area contributed by atoms with Gasteiger partial charge in [-0.25, -0.2) is 0 Å². The Balaban J connectivity index is 1.64. The minimum Gasteiger partial charge on any atom is -0.495 e. The SMILES string of the molecule is COc1ccc(Cl)cc1NC(=O)c1ccc(NC2CCCCCC2)nn1. The Bertz CT molecular complexity index is 744. The molecular weight excluding hydrogens is 352 g/mol. The molecule has 138 valence electrons. The first-order chi connectivity index (χ1) is 12.7. The molecule has 1 aromatic heterocycles. The summed E-state index contributed by atoms with van der Waals surface area (Å²) in [5.41, 5.74) is 0.728. The van der Waals surface area contributed by atoms with E-state index in [0.29, 0.717) is 28.3 Å². The Kier molecular flexibility index (Phi) is 6.28. The fourth-order valence-corrected chi connectivity index (χ4v) is 3.30. The number of aromatic nitrogens is 2. The maximum absolute atomic E-state index is 12.4. The molecule has 0 atom stereocenters. The highest BCUT2D eigenvalue weighted by Crippen LogP contribution is 2.28. The van der Waals surface area contributed by atoms with Crippen LogP contribution in [0.2, 0.25) is 5.02 Å². The minimum absolute atomic E-state index is 0.235. The summed E-state index contributed by atoms with van der Waals surface area (Å²) in [7, 11) is 1.53. The third-order valence-corrected chi connectivity index (χ3v) is 4.75. The zero-order valence-corrected chi connectivity index (χ0v) is 15.6. The van der Waals surface area contributed by atoms with Crippen molar-refractivity contribution in [2.24, 2.45) is 0 Å². The summed E-state index contributed by atoms with van der Waals surface area (Å²) in [4.78, 5) is 12.4. The number of amides is 1. The molecule has 6 nitrogen and oxygen atoms in total. The van der Waals surface area contributed by atoms with Gasteiger partial charge in [-0.3, -0.25) is 4.79 Å². The van der Waals surface area contributed by atoms with E-state index < -0.39 is 0 Å². The monoisotopic (exact) mass is 374 g/mol. The Hall–Kier alpha value is -2.34. The summed E-state index contributed by atoms with van der Waals surface area (Å²) in [6.45, 7) is 0. The Morgan fingerprint density at radius 2 is 1.88 bits per heavy atom. The molecule has 1 heterocycles. The van der Waals surface area contributed by atoms with Crippen LogP contribution in [0.15, 0.2) is 30.3 Å². The maximum atomic E-state index is 12.4. The second-order valence-corrected chi connectivity index (χ2v) is 6.87. The lowest BCUT2D eigenvalue weighted by molar-refractivity contribution is 0.102. The normalized spacial score (nSPS) is 15.2. The number of nitrogens with one attached hydrogen (secondary N) is 2. The molecule has 3 rings (SSSR count). The average Bonchev–Trinajstić information content (AvgIpc) is 2.91. The highest BCUT2D eigenvalue weighted by Gasteiger charge is 2.15. The van der Waals surface area contributed by atoms with Gasteiger partial charge in [-0.15, -0.1) is 10.2 Å². The largest absolute Gasteiger partial charge is 0.495 e. The van der Waals surface area contributed by atoms with E-state index in [1.54, 1.807) is 30.3 Å². The summed E-state index contributed by atoms with van der Waals surface area (Å²) in [6.07, 6.45) is 7.39. The van der Waals surface area contributed by atoms with Crippen molar-refractivity contribution in [2.75, 3.05) is 17.7 Å². The number of carbonyl (C=O) groups is 1. The average molecular weight is 375 g/mol. The van der Waals surface area contributed by atoms with Crippen LogP contribution in [0.5, 0.6) is 5.75 Å². The van der Waals surface area contributed by atoms with Gasteiger partial charge in [0, 0.05) is 11.1 Å². The van der Waals surface area contributed by atoms with Crippen LogP contribution in [0, 0.1) is 0 Å². The van der Waals surface area contributed by atoms with E-state index in [-0.39, 0.29) is 11.6 Å². The number of nitrogens with zero attached hydrogens (tertiary/aromatic N) is 2. The lowest BCUT2D eigenvalue weighted by Crippen LogP contribution is -2.20. The molecule has 0 saturated heterocycles. The zero-order chi connectivity index (χ0) is 18.4. The van der Waals surface area contributed by atoms with Gasteiger partial charge in [0.2, 0.25) is 0 Å². The molecule has 0 aliphatic heterocycles. The number of ether oxygens (including phenoxy) is 1. The van der Waals surface area contributed by atoms with Crippen LogP contribution < -0.4 is 15.4 Å². The van der Waals surface area contributed by atoms with Gasteiger partial charge in [0.1, 0.15) is 11.6 Å². The number of rotatable bonds is 5. The zero-order valence-electron chi connectivity index (χ0n) is 14.8. The smallest absolute Gasteiger partial charge is 0.276 e. The van der Waals surface area contributed by atoms with Crippen molar-refractivity contribution >= 4 is 29.0 Å². The molecule has 2 aromatic rings. The van der Waals surface area contributed by atoms with Crippen molar-refractivity contribution in [3.05, 3.63) is 41.0 Å². The molecule has 1 fully saturated rings. The highest BCUT2D eigenvalue weighted by molar-refractivity contribution is 6.31. The summed E-state index contributed by atoms with van der Waals surface area (Å²) < 4.78 is 5.23. The second-order valence-electron chi connectivity index (χ2n) is 6.44. The molecule has 26 heavy (non-hydrogen) atoms. The molecule has 0 bridgehead atoms. The molecule has 1 aromatic carbocycles. The number of anilines is 2. The second kappa shape index (κ2) is 8.85. The van der Waals surface area contributed by atoms with Gasteiger partial charge in [0.15, 0.2) is 5.69 Å². The number of benzene rings is 1. The van der Waals surface area contributed by atoms with E-state index in [4.69, 9.17) is 16.3 Å². The number of methoxy groups -OCH3 is 1. The first kappa shape index (κ1) is 18.5. The fourth-order valence-electron chi connectivity index (χ4n) is 3.13. The topological polar surface area (TPSA) is 76.1 Å². The fraction of sp³-hybridized carbons (Fsp3) is 0.421. The predicted molar refractivity (Wildman–Crippen MR) is 103 cm³/mol. The Labute approximate surface area is 158 Å². The van der Waals surface area contributed by atoms with E-state index in [0.717, 1.165) is 12.8 Å². The summed E-state index contributed by atoms with van der Waals surface area (Å²) >= 11 is 5.99. The van der Waals surface area contributed by atoms with E-state index in [9.17, 15) is 4.79 Å². The summed E-state index contributed by atoms with van der Waals surface area (Å²) in [6, 6.07) is 8.92. The lowest BCUT2D eigenvalue weighted by atomic mass is 10.1. The molecule has 2 N–H and O–H groups in total. The Morgan fingerprint density at radius 1 is 1.12 bits per heavy atom. The first-order valence-corrected chi connectivity index (χ1v) is 9.28. The highest BCUT2D eigenvalue weighted by atomic mass is 35.5. The molecule has 0 spiro atoms. The molecule has 1 aliphatic carbocycles. The number of hydrogen-bond donors (Lipinski definition) is 2. The van der Waals surface area contributed by atoms with Gasteiger partial charge in [-0.1, -0.05) is 37.3 Å². The number of halogens is 1. The van der Waals surface area contributed by atoms with Crippen molar-refractivity contribution < 1.29 is 9.53 Å². The molecule has 0 radical (unpaired) electrons. The standard InChI is InChI=1S/C19H23ClN4O2/c1-26-17-10-8-13(20)12-16(17)22-19(25)15-9-11-18(24-23-15)21-14-6-4-2-3-5-7-14/h8-12,14H,2-7H2,1H3,(H,21,24)(H,22,25). The molecular formula is C19H23ClN4O2. The molecule has 1 amide bonds. The van der Waals surface area contributed by atoms with E-state index in [2.05, 4.69) is 20.8 Å². The van der Waals surface area contributed by atoms with Gasteiger partial charge in [0.25, 0.3) is 5.91 Å². The minimum atomic E-state index is -0.362. The summed E-state index contributed by atoms with van der Waals surface area (Å²) in [5.74, 6) is 0.871. The third-order valence-electron chi connectivity index (χ3n) is 4.51. The van der Waals surface area contributed by atoms with Crippen molar-refractivity contribution in [1.29, 1.82) is 0 Å².